The van der Waals surface area contributed by atoms with E-state index in [9.17, 15) is 14.0 Å². The number of anilines is 1. The smallest absolute Gasteiger partial charge is 0.335 e. The second kappa shape index (κ2) is 5.16. The first-order valence-corrected chi connectivity index (χ1v) is 5.89. The maximum Gasteiger partial charge on any atom is 0.335 e. The lowest BCUT2D eigenvalue weighted by Crippen LogP contribution is -2.15. The molecule has 2 aromatic rings. The Bertz CT molecular complexity index is 692. The van der Waals surface area contributed by atoms with E-state index < -0.39 is 17.7 Å². The number of carboxylic acid groups (broad SMARTS) is 1. The van der Waals surface area contributed by atoms with Crippen LogP contribution < -0.4 is 5.32 Å². The molecule has 0 spiro atoms. The van der Waals surface area contributed by atoms with Crippen LogP contribution in [-0.4, -0.2) is 22.0 Å². The molecule has 0 radical (unpaired) electrons. The first-order valence-electron chi connectivity index (χ1n) is 5.89. The Hall–Kier alpha value is -2.63. The fourth-order valence-electron chi connectivity index (χ4n) is 1.90. The zero-order valence-electron chi connectivity index (χ0n) is 11.0. The number of rotatable bonds is 3. The van der Waals surface area contributed by atoms with Crippen LogP contribution in [0.15, 0.2) is 24.3 Å². The number of aromatic nitrogens is 1. The molecule has 0 fully saturated rings. The molecule has 2 rings (SSSR count). The van der Waals surface area contributed by atoms with Crippen molar-refractivity contribution in [3.8, 4) is 0 Å². The molecule has 20 heavy (non-hydrogen) atoms. The van der Waals surface area contributed by atoms with E-state index >= 15 is 0 Å². The first kappa shape index (κ1) is 13.8. The van der Waals surface area contributed by atoms with Gasteiger partial charge < -0.3 is 15.4 Å². The lowest BCUT2D eigenvalue weighted by Gasteiger charge is -2.07. The van der Waals surface area contributed by atoms with Crippen molar-refractivity contribution >= 4 is 17.6 Å². The molecule has 1 amide bonds. The maximum atomic E-state index is 13.6. The lowest BCUT2D eigenvalue weighted by atomic mass is 10.2. The van der Waals surface area contributed by atoms with Gasteiger partial charge in [-0.15, -0.1) is 0 Å². The summed E-state index contributed by atoms with van der Waals surface area (Å²) >= 11 is 0. The largest absolute Gasteiger partial charge is 0.478 e. The molecule has 0 bridgehead atoms. The van der Waals surface area contributed by atoms with Crippen LogP contribution in [-0.2, 0) is 0 Å². The third-order valence-corrected chi connectivity index (χ3v) is 2.84. The van der Waals surface area contributed by atoms with E-state index in [0.717, 1.165) is 29.5 Å². The van der Waals surface area contributed by atoms with Gasteiger partial charge in [0.25, 0.3) is 5.91 Å². The highest BCUT2D eigenvalue weighted by molar-refractivity contribution is 6.04. The van der Waals surface area contributed by atoms with Crippen molar-refractivity contribution in [2.24, 2.45) is 0 Å². The maximum absolute atomic E-state index is 13.6. The molecule has 0 unspecified atom stereocenters. The number of carbonyl (C=O) groups is 2. The van der Waals surface area contributed by atoms with Crippen molar-refractivity contribution in [2.75, 3.05) is 5.32 Å². The Balaban J connectivity index is 2.30. The van der Waals surface area contributed by atoms with Crippen LogP contribution in [0.25, 0.3) is 0 Å². The highest BCUT2D eigenvalue weighted by atomic mass is 19.1. The number of halogens is 1. The fourth-order valence-corrected chi connectivity index (χ4v) is 1.90. The van der Waals surface area contributed by atoms with Crippen LogP contribution >= 0.6 is 0 Å². The molecule has 0 atom stereocenters. The summed E-state index contributed by atoms with van der Waals surface area (Å²) in [5.41, 5.74) is 1.60. The summed E-state index contributed by atoms with van der Waals surface area (Å²) in [6.07, 6.45) is 0. The van der Waals surface area contributed by atoms with Crippen molar-refractivity contribution in [3.63, 3.8) is 0 Å². The zero-order valence-corrected chi connectivity index (χ0v) is 11.0. The van der Waals surface area contributed by atoms with Gasteiger partial charge in [0.05, 0.1) is 11.3 Å². The quantitative estimate of drug-likeness (QED) is 0.806. The van der Waals surface area contributed by atoms with Crippen molar-refractivity contribution in [3.05, 3.63) is 52.6 Å². The average Bonchev–Trinajstić information content (AvgIpc) is 2.71. The highest BCUT2D eigenvalue weighted by Gasteiger charge is 2.15. The summed E-state index contributed by atoms with van der Waals surface area (Å²) in [5, 5.41) is 11.2. The number of hydrogen-bond donors (Lipinski definition) is 3. The summed E-state index contributed by atoms with van der Waals surface area (Å²) in [6, 6.07) is 5.02. The number of aromatic carboxylic acids is 1. The van der Waals surface area contributed by atoms with E-state index in [1.165, 1.54) is 0 Å². The van der Waals surface area contributed by atoms with E-state index in [0.29, 0.717) is 5.69 Å². The van der Waals surface area contributed by atoms with Gasteiger partial charge in [-0.2, -0.15) is 0 Å². The molecule has 1 aromatic heterocycles. The van der Waals surface area contributed by atoms with E-state index in [4.69, 9.17) is 5.11 Å². The molecule has 1 heterocycles. The minimum absolute atomic E-state index is 0.0962. The number of H-pyrrole nitrogens is 1. The number of amides is 1. The van der Waals surface area contributed by atoms with E-state index in [-0.39, 0.29) is 11.3 Å². The van der Waals surface area contributed by atoms with Gasteiger partial charge in [-0.3, -0.25) is 4.79 Å². The Morgan fingerprint density at radius 2 is 1.95 bits per heavy atom. The van der Waals surface area contributed by atoms with Gasteiger partial charge in [0.1, 0.15) is 11.5 Å². The Kier molecular flexibility index (Phi) is 3.56. The minimum Gasteiger partial charge on any atom is -0.478 e. The molecule has 0 aliphatic carbocycles. The van der Waals surface area contributed by atoms with Crippen LogP contribution in [0.4, 0.5) is 10.1 Å². The predicted molar refractivity (Wildman–Crippen MR) is 71.6 cm³/mol. The average molecular weight is 276 g/mol. The van der Waals surface area contributed by atoms with Gasteiger partial charge in [0.15, 0.2) is 0 Å². The molecule has 0 saturated heterocycles. The van der Waals surface area contributed by atoms with Crippen molar-refractivity contribution in [1.82, 2.24) is 4.98 Å². The molecule has 5 nitrogen and oxygen atoms in total. The Morgan fingerprint density at radius 1 is 1.25 bits per heavy atom. The second-order valence-corrected chi connectivity index (χ2v) is 4.46. The molecule has 1 aromatic carbocycles. The number of carbonyl (C=O) groups excluding carboxylic acids is 1. The van der Waals surface area contributed by atoms with Crippen LogP contribution in [0.2, 0.25) is 0 Å². The van der Waals surface area contributed by atoms with Crippen LogP contribution in [0.5, 0.6) is 0 Å². The summed E-state index contributed by atoms with van der Waals surface area (Å²) < 4.78 is 13.6. The van der Waals surface area contributed by atoms with Gasteiger partial charge in [-0.25, -0.2) is 9.18 Å². The standard InChI is InChI=1S/C14H13FN2O3/c1-7-5-8(2)16-12(7)13(18)17-11-6-9(14(19)20)3-4-10(11)15/h3-6,16H,1-2H3,(H,17,18)(H,19,20). The van der Waals surface area contributed by atoms with Gasteiger partial charge >= 0.3 is 5.97 Å². The number of aromatic amines is 1. The van der Waals surface area contributed by atoms with Gasteiger partial charge in [0, 0.05) is 5.69 Å². The monoisotopic (exact) mass is 276 g/mol. The summed E-state index contributed by atoms with van der Waals surface area (Å²) in [4.78, 5) is 25.7. The molecule has 104 valence electrons. The van der Waals surface area contributed by atoms with Crippen molar-refractivity contribution in [1.29, 1.82) is 0 Å². The molecule has 0 aliphatic heterocycles. The number of carboxylic acids is 1. The van der Waals surface area contributed by atoms with Gasteiger partial charge in [-0.05, 0) is 43.7 Å². The topological polar surface area (TPSA) is 82.2 Å². The minimum atomic E-state index is -1.19. The third kappa shape index (κ3) is 2.69. The summed E-state index contributed by atoms with van der Waals surface area (Å²) in [7, 11) is 0. The number of aryl methyl sites for hydroxylation is 2. The molecule has 0 aliphatic rings. The Labute approximate surface area is 114 Å². The first-order chi connectivity index (χ1) is 9.38. The number of benzene rings is 1. The SMILES string of the molecule is Cc1cc(C)c(C(=O)Nc2cc(C(=O)O)ccc2F)[nH]1. The van der Waals surface area contributed by atoms with E-state index in [1.54, 1.807) is 19.9 Å². The van der Waals surface area contributed by atoms with E-state index in [2.05, 4.69) is 10.3 Å². The fraction of sp³-hybridized carbons (Fsp3) is 0.143. The highest BCUT2D eigenvalue weighted by Crippen LogP contribution is 2.18. The lowest BCUT2D eigenvalue weighted by molar-refractivity contribution is 0.0696. The third-order valence-electron chi connectivity index (χ3n) is 2.84. The number of hydrogen-bond acceptors (Lipinski definition) is 2. The van der Waals surface area contributed by atoms with Crippen molar-refractivity contribution < 1.29 is 19.1 Å². The van der Waals surface area contributed by atoms with Crippen LogP contribution in [0, 0.1) is 19.7 Å². The summed E-state index contributed by atoms with van der Waals surface area (Å²) in [6.45, 7) is 3.55. The van der Waals surface area contributed by atoms with Crippen LogP contribution in [0.3, 0.4) is 0 Å². The molecular formula is C14H13FN2O3. The molecule has 0 saturated carbocycles. The van der Waals surface area contributed by atoms with Gasteiger partial charge in [-0.1, -0.05) is 0 Å². The van der Waals surface area contributed by atoms with Crippen molar-refractivity contribution in [2.45, 2.75) is 13.8 Å². The van der Waals surface area contributed by atoms with Gasteiger partial charge in [0.2, 0.25) is 0 Å². The normalized spacial score (nSPS) is 10.3. The van der Waals surface area contributed by atoms with E-state index in [1.807, 2.05) is 0 Å². The summed E-state index contributed by atoms with van der Waals surface area (Å²) in [5.74, 6) is -2.39. The molecule has 3 N–H and O–H groups in total. The van der Waals surface area contributed by atoms with Crippen LogP contribution in [0.1, 0.15) is 32.1 Å². The zero-order chi connectivity index (χ0) is 14.9. The molecular weight excluding hydrogens is 263 g/mol. The number of nitrogens with one attached hydrogen (secondary N) is 2. The molecule has 6 heteroatoms. The predicted octanol–water partition coefficient (Wildman–Crippen LogP) is 2.72. The second-order valence-electron chi connectivity index (χ2n) is 4.46. The Morgan fingerprint density at radius 3 is 2.50 bits per heavy atom.